The van der Waals surface area contributed by atoms with E-state index in [1.807, 2.05) is 26.0 Å². The van der Waals surface area contributed by atoms with Crippen molar-refractivity contribution in [3.05, 3.63) is 89.0 Å². The van der Waals surface area contributed by atoms with Gasteiger partial charge in [-0.1, -0.05) is 38.1 Å². The van der Waals surface area contributed by atoms with Crippen LogP contribution >= 0.6 is 0 Å². The van der Waals surface area contributed by atoms with E-state index in [1.165, 1.54) is 0 Å². The van der Waals surface area contributed by atoms with E-state index in [2.05, 4.69) is 0 Å². The number of hydrogen-bond donors (Lipinski definition) is 3. The molecular formula is C23H20O8S. The molecule has 0 aliphatic heterocycles. The highest BCUT2D eigenvalue weighted by atomic mass is 32.2. The van der Waals surface area contributed by atoms with E-state index in [9.17, 15) is 27.7 Å². The summed E-state index contributed by atoms with van der Waals surface area (Å²) < 4.78 is 37.3. The molecule has 0 heterocycles. The van der Waals surface area contributed by atoms with Crippen molar-refractivity contribution in [1.82, 2.24) is 0 Å². The molecule has 0 aliphatic rings. The van der Waals surface area contributed by atoms with Crippen molar-refractivity contribution in [2.75, 3.05) is 0 Å². The molecule has 0 bridgehead atoms. The third kappa shape index (κ3) is 4.96. The van der Waals surface area contributed by atoms with Crippen LogP contribution in [0.4, 0.5) is 0 Å². The van der Waals surface area contributed by atoms with Gasteiger partial charge in [0.2, 0.25) is 0 Å². The van der Waals surface area contributed by atoms with E-state index in [4.69, 9.17) is 9.84 Å². The highest BCUT2D eigenvalue weighted by molar-refractivity contribution is 7.85. The third-order valence-electron chi connectivity index (χ3n) is 5.06. The smallest absolute Gasteiger partial charge is 0.343 e. The molecule has 3 aromatic carbocycles. The van der Waals surface area contributed by atoms with Crippen LogP contribution in [0.2, 0.25) is 0 Å². The molecule has 8 nitrogen and oxygen atoms in total. The van der Waals surface area contributed by atoms with Crippen molar-refractivity contribution in [1.29, 1.82) is 0 Å². The van der Waals surface area contributed by atoms with E-state index in [-0.39, 0.29) is 17.1 Å². The van der Waals surface area contributed by atoms with Crippen LogP contribution in [0, 0.1) is 0 Å². The number of carbonyl (C=O) groups is 2. The zero-order chi connectivity index (χ0) is 23.7. The fourth-order valence-electron chi connectivity index (χ4n) is 3.14. The maximum atomic E-state index is 12.5. The maximum absolute atomic E-state index is 12.5. The molecule has 0 saturated heterocycles. The van der Waals surface area contributed by atoms with Gasteiger partial charge in [0.1, 0.15) is 11.5 Å². The minimum absolute atomic E-state index is 0.161. The molecule has 0 aromatic heterocycles. The molecule has 0 fully saturated rings. The van der Waals surface area contributed by atoms with Crippen LogP contribution in [0.1, 0.15) is 45.7 Å². The predicted molar refractivity (Wildman–Crippen MR) is 115 cm³/mol. The summed E-state index contributed by atoms with van der Waals surface area (Å²) in [4.78, 5) is 23.0. The van der Waals surface area contributed by atoms with E-state index >= 15 is 0 Å². The highest BCUT2D eigenvalue weighted by Crippen LogP contribution is 2.33. The average Bonchev–Trinajstić information content (AvgIpc) is 2.73. The Balaban J connectivity index is 1.86. The Bertz CT molecular complexity index is 1270. The molecule has 0 unspecified atom stereocenters. The average molecular weight is 456 g/mol. The number of ether oxygens (including phenoxy) is 1. The lowest BCUT2D eigenvalue weighted by molar-refractivity contribution is 0.0696. The third-order valence-corrected chi connectivity index (χ3v) is 5.89. The molecule has 3 rings (SSSR count). The van der Waals surface area contributed by atoms with Crippen molar-refractivity contribution in [2.45, 2.75) is 24.2 Å². The zero-order valence-corrected chi connectivity index (χ0v) is 18.0. The fraction of sp³-hybridized carbons (Fsp3) is 0.130. The van der Waals surface area contributed by atoms with Gasteiger partial charge in [0.25, 0.3) is 10.1 Å². The molecule has 166 valence electrons. The molecule has 0 atom stereocenters. The van der Waals surface area contributed by atoms with Gasteiger partial charge in [-0.25, -0.2) is 9.59 Å². The van der Waals surface area contributed by atoms with E-state index in [1.54, 1.807) is 36.4 Å². The number of phenols is 1. The Kier molecular flexibility index (Phi) is 6.07. The molecule has 32 heavy (non-hydrogen) atoms. The first kappa shape index (κ1) is 23.0. The molecule has 0 saturated carbocycles. The van der Waals surface area contributed by atoms with Crippen LogP contribution in [0.15, 0.2) is 71.6 Å². The summed E-state index contributed by atoms with van der Waals surface area (Å²) in [7, 11) is -4.73. The predicted octanol–water partition coefficient (Wildman–Crippen LogP) is 3.88. The number of carbonyl (C=O) groups excluding carboxylic acids is 1. The van der Waals surface area contributed by atoms with Gasteiger partial charge in [0.15, 0.2) is 0 Å². The molecule has 3 N–H and O–H groups in total. The van der Waals surface area contributed by atoms with Gasteiger partial charge in [0, 0.05) is 5.41 Å². The van der Waals surface area contributed by atoms with Crippen LogP contribution in [0.5, 0.6) is 11.5 Å². The van der Waals surface area contributed by atoms with Gasteiger partial charge >= 0.3 is 11.9 Å². The second kappa shape index (κ2) is 8.45. The largest absolute Gasteiger partial charge is 0.508 e. The first-order valence-corrected chi connectivity index (χ1v) is 10.8. The summed E-state index contributed by atoms with van der Waals surface area (Å²) >= 11 is 0. The second-order valence-corrected chi connectivity index (χ2v) is 9.03. The van der Waals surface area contributed by atoms with Crippen molar-refractivity contribution in [2.24, 2.45) is 0 Å². The Morgan fingerprint density at radius 1 is 0.844 bits per heavy atom. The van der Waals surface area contributed by atoms with Gasteiger partial charge in [-0.15, -0.1) is 0 Å². The van der Waals surface area contributed by atoms with Gasteiger partial charge in [-0.2, -0.15) is 8.42 Å². The Labute approximate surface area is 184 Å². The number of aromatic carboxylic acids is 1. The van der Waals surface area contributed by atoms with Gasteiger partial charge in [-0.3, -0.25) is 4.55 Å². The van der Waals surface area contributed by atoms with Gasteiger partial charge < -0.3 is 14.9 Å². The second-order valence-electron chi connectivity index (χ2n) is 7.61. The minimum Gasteiger partial charge on any atom is -0.508 e. The normalized spacial score (nSPS) is 11.7. The van der Waals surface area contributed by atoms with Crippen LogP contribution < -0.4 is 4.74 Å². The van der Waals surface area contributed by atoms with Crippen molar-refractivity contribution in [3.8, 4) is 11.5 Å². The monoisotopic (exact) mass is 456 g/mol. The first-order valence-electron chi connectivity index (χ1n) is 9.36. The van der Waals surface area contributed by atoms with Crippen molar-refractivity contribution in [3.63, 3.8) is 0 Å². The number of carboxylic acid groups (broad SMARTS) is 1. The van der Waals surface area contributed by atoms with Crippen LogP contribution in [0.25, 0.3) is 0 Å². The van der Waals surface area contributed by atoms with Crippen LogP contribution in [0.3, 0.4) is 0 Å². The molecule has 9 heteroatoms. The number of esters is 1. The lowest BCUT2D eigenvalue weighted by atomic mass is 9.78. The molecule has 3 aromatic rings. The lowest BCUT2D eigenvalue weighted by Gasteiger charge is -2.26. The summed E-state index contributed by atoms with van der Waals surface area (Å²) in [5.41, 5.74) is 0.632. The molecule has 0 aliphatic carbocycles. The summed E-state index contributed by atoms with van der Waals surface area (Å²) in [5, 5.41) is 18.6. The van der Waals surface area contributed by atoms with Crippen LogP contribution in [-0.4, -0.2) is 35.1 Å². The fourth-order valence-corrected chi connectivity index (χ4v) is 3.69. The topological polar surface area (TPSA) is 138 Å². The molecule has 0 radical (unpaired) electrons. The Morgan fingerprint density at radius 3 is 1.84 bits per heavy atom. The van der Waals surface area contributed by atoms with E-state index in [0.29, 0.717) is 0 Å². The SMILES string of the molecule is CC(C)(c1ccc(O)cc1)c1ccc(OC(=O)c2cc(C(=O)O)cc(S(=O)(=O)O)c2)cc1. The minimum atomic E-state index is -4.73. The van der Waals surface area contributed by atoms with E-state index < -0.39 is 37.9 Å². The standard InChI is InChI=1S/C23H20O8S/c1-23(2,16-3-7-18(24)8-4-16)17-5-9-19(10-6-17)31-22(27)15-11-14(21(25)26)12-20(13-15)32(28,29)30/h3-13,24H,1-2H3,(H,25,26)(H,28,29,30). The number of phenolic OH excluding ortho intramolecular Hbond substituents is 1. The molecule has 0 amide bonds. The summed E-state index contributed by atoms with van der Waals surface area (Å²) in [6, 6.07) is 16.0. The number of rotatable bonds is 6. The number of hydrogen-bond acceptors (Lipinski definition) is 6. The number of aromatic hydroxyl groups is 1. The zero-order valence-electron chi connectivity index (χ0n) is 17.1. The van der Waals surface area contributed by atoms with Crippen molar-refractivity contribution >= 4 is 22.1 Å². The highest BCUT2D eigenvalue weighted by Gasteiger charge is 2.24. The van der Waals surface area contributed by atoms with Gasteiger partial charge in [-0.05, 0) is 53.6 Å². The summed E-state index contributed by atoms with van der Waals surface area (Å²) in [5.74, 6) is -2.13. The maximum Gasteiger partial charge on any atom is 0.343 e. The Morgan fingerprint density at radius 2 is 1.34 bits per heavy atom. The molecule has 0 spiro atoms. The van der Waals surface area contributed by atoms with E-state index in [0.717, 1.165) is 29.3 Å². The van der Waals surface area contributed by atoms with Crippen LogP contribution in [-0.2, 0) is 15.5 Å². The number of carboxylic acids is 1. The Hall–Kier alpha value is -3.69. The quantitative estimate of drug-likeness (QED) is 0.289. The lowest BCUT2D eigenvalue weighted by Crippen LogP contribution is -2.18. The van der Waals surface area contributed by atoms with Crippen molar-refractivity contribution < 1.29 is 37.5 Å². The summed E-state index contributed by atoms with van der Waals surface area (Å²) in [6.45, 7) is 3.99. The first-order chi connectivity index (χ1) is 14.9. The number of benzene rings is 3. The summed E-state index contributed by atoms with van der Waals surface area (Å²) in [6.07, 6.45) is 0. The van der Waals surface area contributed by atoms with Gasteiger partial charge in [0.05, 0.1) is 16.0 Å². The molecular weight excluding hydrogens is 436 g/mol.